The van der Waals surface area contributed by atoms with Crippen LogP contribution in [0, 0.1) is 5.92 Å². The summed E-state index contributed by atoms with van der Waals surface area (Å²) in [5, 5.41) is 12.8. The van der Waals surface area contributed by atoms with Gasteiger partial charge in [-0.2, -0.15) is 13.2 Å². The Bertz CT molecular complexity index is 1040. The molecule has 29 heavy (non-hydrogen) atoms. The van der Waals surface area contributed by atoms with E-state index < -0.39 is 36.6 Å². The predicted octanol–water partition coefficient (Wildman–Crippen LogP) is 2.55. The minimum Gasteiger partial charge on any atom is -0.393 e. The molecule has 0 radical (unpaired) electrons. The number of nitrogens with one attached hydrogen (secondary N) is 2. The van der Waals surface area contributed by atoms with Crippen molar-refractivity contribution in [3.8, 4) is 11.4 Å². The van der Waals surface area contributed by atoms with E-state index in [4.69, 9.17) is 0 Å². The molecule has 3 aromatic rings. The predicted molar refractivity (Wildman–Crippen MR) is 97.7 cm³/mol. The number of halogens is 3. The lowest BCUT2D eigenvalue weighted by Crippen LogP contribution is -2.38. The van der Waals surface area contributed by atoms with Crippen LogP contribution in [0.5, 0.6) is 0 Å². The van der Waals surface area contributed by atoms with Crippen LogP contribution in [0.15, 0.2) is 36.8 Å². The van der Waals surface area contributed by atoms with Gasteiger partial charge in [-0.3, -0.25) is 4.79 Å². The van der Waals surface area contributed by atoms with Crippen LogP contribution in [0.3, 0.4) is 0 Å². The van der Waals surface area contributed by atoms with Crippen molar-refractivity contribution in [1.29, 1.82) is 0 Å². The van der Waals surface area contributed by atoms with Crippen LogP contribution in [0.2, 0.25) is 0 Å². The van der Waals surface area contributed by atoms with Gasteiger partial charge in [0.2, 0.25) is 5.91 Å². The van der Waals surface area contributed by atoms with Crippen molar-refractivity contribution in [2.24, 2.45) is 5.92 Å². The first kappa shape index (κ1) is 19.3. The minimum atomic E-state index is -4.49. The number of aliphatic hydroxyl groups excluding tert-OH is 1. The van der Waals surface area contributed by atoms with Crippen molar-refractivity contribution >= 4 is 16.9 Å². The zero-order chi connectivity index (χ0) is 20.6. The first-order valence-corrected chi connectivity index (χ1v) is 9.10. The van der Waals surface area contributed by atoms with E-state index in [2.05, 4.69) is 19.9 Å². The highest BCUT2D eigenvalue weighted by Gasteiger charge is 2.41. The Kier molecular flexibility index (Phi) is 4.95. The number of hydrogen-bond donors (Lipinski definition) is 3. The fourth-order valence-electron chi connectivity index (χ4n) is 3.80. The lowest BCUT2D eigenvalue weighted by molar-refractivity contribution is -0.141. The number of aromatic amines is 1. The SMILES string of the molecule is O=C(NCC(F)(F)F)[C@H]1C[C@H](O)CC1c1ccnc(-c2c[nH]c3ncccc23)n1. The molecule has 1 unspecified atom stereocenters. The van der Waals surface area contributed by atoms with Crippen molar-refractivity contribution in [1.82, 2.24) is 25.3 Å². The highest BCUT2D eigenvalue weighted by Crippen LogP contribution is 2.40. The Labute approximate surface area is 163 Å². The maximum absolute atomic E-state index is 12.4. The molecule has 3 N–H and O–H groups in total. The Hall–Kier alpha value is -3.01. The van der Waals surface area contributed by atoms with E-state index in [1.165, 1.54) is 0 Å². The van der Waals surface area contributed by atoms with E-state index in [0.29, 0.717) is 17.2 Å². The summed E-state index contributed by atoms with van der Waals surface area (Å²) in [6.07, 6.45) is -0.00787. The first-order chi connectivity index (χ1) is 13.8. The largest absolute Gasteiger partial charge is 0.405 e. The first-order valence-electron chi connectivity index (χ1n) is 9.10. The number of aromatic nitrogens is 4. The fraction of sp³-hybridized carbons (Fsp3) is 0.368. The molecule has 1 amide bonds. The van der Waals surface area contributed by atoms with Crippen LogP contribution in [-0.4, -0.2) is 49.8 Å². The van der Waals surface area contributed by atoms with E-state index >= 15 is 0 Å². The summed E-state index contributed by atoms with van der Waals surface area (Å²) in [5.41, 5.74) is 1.92. The Morgan fingerprint density at radius 2 is 2.07 bits per heavy atom. The van der Waals surface area contributed by atoms with E-state index in [1.54, 1.807) is 30.7 Å². The van der Waals surface area contributed by atoms with Gasteiger partial charge < -0.3 is 15.4 Å². The highest BCUT2D eigenvalue weighted by molar-refractivity contribution is 5.91. The van der Waals surface area contributed by atoms with Gasteiger partial charge in [-0.05, 0) is 31.0 Å². The molecule has 152 valence electrons. The number of carbonyl (C=O) groups excluding carboxylic acids is 1. The molecule has 0 bridgehead atoms. The van der Waals surface area contributed by atoms with E-state index in [9.17, 15) is 23.1 Å². The molecule has 0 aliphatic heterocycles. The maximum Gasteiger partial charge on any atom is 0.405 e. The molecular weight excluding hydrogens is 387 g/mol. The standard InChI is InChI=1S/C19H18F3N5O2/c20-19(21,22)9-26-18(29)13-7-10(28)6-12(13)15-3-5-24-17(27-15)14-8-25-16-11(14)2-1-4-23-16/h1-5,8,10,12-13,28H,6-7,9H2,(H,23,25)(H,26,29)/t10-,12?,13+/m1/s1. The van der Waals surface area contributed by atoms with Crippen molar-refractivity contribution in [3.63, 3.8) is 0 Å². The van der Waals surface area contributed by atoms with E-state index in [1.807, 2.05) is 11.4 Å². The van der Waals surface area contributed by atoms with Crippen LogP contribution < -0.4 is 5.32 Å². The number of alkyl halides is 3. The molecule has 0 aromatic carbocycles. The summed E-state index contributed by atoms with van der Waals surface area (Å²) in [5.74, 6) is -1.61. The molecule has 3 aromatic heterocycles. The Morgan fingerprint density at radius 1 is 1.24 bits per heavy atom. The summed E-state index contributed by atoms with van der Waals surface area (Å²) < 4.78 is 37.3. The highest BCUT2D eigenvalue weighted by atomic mass is 19.4. The number of hydrogen-bond acceptors (Lipinski definition) is 5. The monoisotopic (exact) mass is 405 g/mol. The van der Waals surface area contributed by atoms with Gasteiger partial charge in [0.05, 0.1) is 6.10 Å². The number of amides is 1. The molecule has 3 heterocycles. The molecule has 1 saturated carbocycles. The van der Waals surface area contributed by atoms with Gasteiger partial charge in [0.1, 0.15) is 12.2 Å². The second-order valence-electron chi connectivity index (χ2n) is 7.08. The summed E-state index contributed by atoms with van der Waals surface area (Å²) in [7, 11) is 0. The Balaban J connectivity index is 1.62. The number of carbonyl (C=O) groups is 1. The van der Waals surface area contributed by atoms with Crippen LogP contribution >= 0.6 is 0 Å². The summed E-state index contributed by atoms with van der Waals surface area (Å²) in [4.78, 5) is 28.4. The summed E-state index contributed by atoms with van der Waals surface area (Å²) in [6, 6.07) is 5.29. The number of fused-ring (bicyclic) bond motifs is 1. The van der Waals surface area contributed by atoms with Crippen molar-refractivity contribution in [3.05, 3.63) is 42.5 Å². The van der Waals surface area contributed by atoms with E-state index in [-0.39, 0.29) is 12.8 Å². The number of rotatable bonds is 4. The third-order valence-electron chi connectivity index (χ3n) is 5.09. The second kappa shape index (κ2) is 7.43. The van der Waals surface area contributed by atoms with Gasteiger partial charge in [0, 0.05) is 47.1 Å². The molecule has 1 aliphatic rings. The molecule has 1 fully saturated rings. The molecule has 0 saturated heterocycles. The molecule has 7 nitrogen and oxygen atoms in total. The molecule has 0 spiro atoms. The number of nitrogens with zero attached hydrogens (tertiary/aromatic N) is 3. The van der Waals surface area contributed by atoms with Gasteiger partial charge in [0.25, 0.3) is 0 Å². The fourth-order valence-corrected chi connectivity index (χ4v) is 3.80. The normalized spacial score (nSPS) is 22.1. The summed E-state index contributed by atoms with van der Waals surface area (Å²) in [6.45, 7) is -1.40. The second-order valence-corrected chi connectivity index (χ2v) is 7.08. The minimum absolute atomic E-state index is 0.0880. The summed E-state index contributed by atoms with van der Waals surface area (Å²) >= 11 is 0. The molecule has 4 rings (SSSR count). The Morgan fingerprint density at radius 3 is 2.86 bits per heavy atom. The third-order valence-corrected chi connectivity index (χ3v) is 5.09. The number of aliphatic hydroxyl groups is 1. The van der Waals surface area contributed by atoms with Gasteiger partial charge in [-0.25, -0.2) is 15.0 Å². The van der Waals surface area contributed by atoms with Crippen molar-refractivity contribution < 1.29 is 23.1 Å². The maximum atomic E-state index is 12.4. The quantitative estimate of drug-likeness (QED) is 0.619. The van der Waals surface area contributed by atoms with Crippen molar-refractivity contribution in [2.75, 3.05) is 6.54 Å². The van der Waals surface area contributed by atoms with Crippen LogP contribution in [0.1, 0.15) is 24.5 Å². The topological polar surface area (TPSA) is 104 Å². The molecule has 1 aliphatic carbocycles. The lowest BCUT2D eigenvalue weighted by atomic mass is 9.91. The smallest absolute Gasteiger partial charge is 0.393 e. The van der Waals surface area contributed by atoms with Gasteiger partial charge in [0.15, 0.2) is 5.82 Å². The molecule has 3 atom stereocenters. The van der Waals surface area contributed by atoms with Crippen LogP contribution in [-0.2, 0) is 4.79 Å². The van der Waals surface area contributed by atoms with Gasteiger partial charge >= 0.3 is 6.18 Å². The van der Waals surface area contributed by atoms with Crippen LogP contribution in [0.25, 0.3) is 22.4 Å². The zero-order valence-electron chi connectivity index (χ0n) is 15.1. The van der Waals surface area contributed by atoms with Crippen molar-refractivity contribution in [2.45, 2.75) is 31.0 Å². The third kappa shape index (κ3) is 4.07. The molecular formula is C19H18F3N5O2. The average Bonchev–Trinajstić information content (AvgIpc) is 3.29. The van der Waals surface area contributed by atoms with Gasteiger partial charge in [-0.15, -0.1) is 0 Å². The molecule has 10 heteroatoms. The van der Waals surface area contributed by atoms with Gasteiger partial charge in [-0.1, -0.05) is 0 Å². The van der Waals surface area contributed by atoms with Crippen LogP contribution in [0.4, 0.5) is 13.2 Å². The van der Waals surface area contributed by atoms with E-state index in [0.717, 1.165) is 10.9 Å². The average molecular weight is 405 g/mol. The zero-order valence-corrected chi connectivity index (χ0v) is 15.1. The number of H-pyrrole nitrogens is 1. The lowest BCUT2D eigenvalue weighted by Gasteiger charge is -2.19. The number of pyridine rings is 1.